The normalized spacial score (nSPS) is 12.2. The predicted molar refractivity (Wildman–Crippen MR) is 95.5 cm³/mol. The smallest absolute Gasteiger partial charge is 0.232 e. The topological polar surface area (TPSA) is 73.0 Å². The Kier molecular flexibility index (Phi) is 4.70. The Bertz CT molecular complexity index is 875. The second-order valence-electron chi connectivity index (χ2n) is 6.31. The number of carbonyl (C=O) groups is 1. The van der Waals surface area contributed by atoms with Crippen LogP contribution in [0.4, 0.5) is 5.82 Å². The molecule has 3 rings (SSSR count). The summed E-state index contributed by atoms with van der Waals surface area (Å²) in [6.45, 7) is 8.17. The molecular weight excluding hydrogens is 316 g/mol. The average Bonchev–Trinajstić information content (AvgIpc) is 3.13. The van der Waals surface area contributed by atoms with E-state index in [-0.39, 0.29) is 11.8 Å². The highest BCUT2D eigenvalue weighted by molar-refractivity contribution is 5.95. The number of carbonyl (C=O) groups excluding carboxylic acids is 1. The molecule has 0 saturated heterocycles. The lowest BCUT2D eigenvalue weighted by atomic mass is 9.99. The molecule has 1 amide bonds. The van der Waals surface area contributed by atoms with Crippen molar-refractivity contribution in [1.29, 1.82) is 0 Å². The van der Waals surface area contributed by atoms with Crippen molar-refractivity contribution in [3.05, 3.63) is 64.7 Å². The van der Waals surface area contributed by atoms with Crippen LogP contribution in [0, 0.1) is 20.8 Å². The van der Waals surface area contributed by atoms with E-state index in [2.05, 4.69) is 34.6 Å². The monoisotopic (exact) mass is 338 g/mol. The Morgan fingerprint density at radius 1 is 1.28 bits per heavy atom. The molecule has 1 N–H and O–H groups in total. The maximum absolute atomic E-state index is 12.7. The van der Waals surface area contributed by atoms with Crippen molar-refractivity contribution in [2.45, 2.75) is 40.2 Å². The van der Waals surface area contributed by atoms with Crippen molar-refractivity contribution < 1.29 is 9.32 Å². The van der Waals surface area contributed by atoms with Crippen LogP contribution >= 0.6 is 0 Å². The molecule has 0 spiro atoms. The lowest BCUT2D eigenvalue weighted by Crippen LogP contribution is -2.22. The van der Waals surface area contributed by atoms with E-state index in [1.807, 2.05) is 32.9 Å². The van der Waals surface area contributed by atoms with Gasteiger partial charge in [0, 0.05) is 11.6 Å². The van der Waals surface area contributed by atoms with E-state index in [1.165, 1.54) is 5.56 Å². The second kappa shape index (κ2) is 6.93. The first-order valence-electron chi connectivity index (χ1n) is 8.26. The molecule has 130 valence electrons. The van der Waals surface area contributed by atoms with Crippen molar-refractivity contribution in [1.82, 2.24) is 14.9 Å². The van der Waals surface area contributed by atoms with Crippen molar-refractivity contribution >= 4 is 11.7 Å². The van der Waals surface area contributed by atoms with Gasteiger partial charge in [0.05, 0.1) is 24.4 Å². The minimum atomic E-state index is -0.353. The van der Waals surface area contributed by atoms with Crippen LogP contribution in [0.5, 0.6) is 0 Å². The van der Waals surface area contributed by atoms with Crippen LogP contribution in [0.15, 0.2) is 41.1 Å². The largest absolute Gasteiger partial charge is 0.361 e. The zero-order chi connectivity index (χ0) is 18.0. The molecule has 0 aliphatic heterocycles. The van der Waals surface area contributed by atoms with Crippen LogP contribution in [-0.4, -0.2) is 20.8 Å². The fraction of sp³-hybridized carbons (Fsp3) is 0.316. The SMILES string of the molecule is Cc1cccc(Cn2nccc2NC(=O)[C@@H](C)c2c(C)noc2C)c1. The summed E-state index contributed by atoms with van der Waals surface area (Å²) in [6.07, 6.45) is 1.69. The Morgan fingerprint density at radius 2 is 2.08 bits per heavy atom. The quantitative estimate of drug-likeness (QED) is 0.771. The fourth-order valence-corrected chi connectivity index (χ4v) is 3.02. The van der Waals surface area contributed by atoms with Gasteiger partial charge in [-0.1, -0.05) is 35.0 Å². The summed E-state index contributed by atoms with van der Waals surface area (Å²) in [4.78, 5) is 12.7. The lowest BCUT2D eigenvalue weighted by Gasteiger charge is -2.13. The van der Waals surface area contributed by atoms with E-state index in [0.717, 1.165) is 16.8 Å². The Balaban J connectivity index is 1.76. The number of anilines is 1. The third kappa shape index (κ3) is 3.63. The summed E-state index contributed by atoms with van der Waals surface area (Å²) in [5.74, 6) is 0.882. The summed E-state index contributed by atoms with van der Waals surface area (Å²) >= 11 is 0. The van der Waals surface area contributed by atoms with Gasteiger partial charge in [-0.05, 0) is 33.3 Å². The molecule has 0 aliphatic carbocycles. The molecule has 6 nitrogen and oxygen atoms in total. The lowest BCUT2D eigenvalue weighted by molar-refractivity contribution is -0.117. The van der Waals surface area contributed by atoms with Gasteiger partial charge >= 0.3 is 0 Å². The molecule has 0 unspecified atom stereocenters. The first-order chi connectivity index (χ1) is 12.0. The van der Waals surface area contributed by atoms with Gasteiger partial charge in [0.25, 0.3) is 0 Å². The number of hydrogen-bond acceptors (Lipinski definition) is 4. The molecule has 0 saturated carbocycles. The summed E-state index contributed by atoms with van der Waals surface area (Å²) in [6, 6.07) is 10.0. The van der Waals surface area contributed by atoms with Gasteiger partial charge in [-0.2, -0.15) is 5.10 Å². The van der Waals surface area contributed by atoms with E-state index in [4.69, 9.17) is 4.52 Å². The van der Waals surface area contributed by atoms with Crippen molar-refractivity contribution in [2.24, 2.45) is 0 Å². The third-order valence-electron chi connectivity index (χ3n) is 4.30. The van der Waals surface area contributed by atoms with E-state index in [9.17, 15) is 4.79 Å². The number of nitrogens with zero attached hydrogens (tertiary/aromatic N) is 3. The van der Waals surface area contributed by atoms with Crippen LogP contribution in [0.1, 0.15) is 41.0 Å². The van der Waals surface area contributed by atoms with Gasteiger partial charge in [0.15, 0.2) is 0 Å². The van der Waals surface area contributed by atoms with Crippen molar-refractivity contribution in [2.75, 3.05) is 5.32 Å². The predicted octanol–water partition coefficient (Wildman–Crippen LogP) is 3.59. The van der Waals surface area contributed by atoms with Crippen molar-refractivity contribution in [3.8, 4) is 0 Å². The van der Waals surface area contributed by atoms with Crippen LogP contribution < -0.4 is 5.32 Å². The number of nitrogens with one attached hydrogen (secondary N) is 1. The number of rotatable bonds is 5. The highest BCUT2D eigenvalue weighted by atomic mass is 16.5. The minimum Gasteiger partial charge on any atom is -0.361 e. The van der Waals surface area contributed by atoms with E-state index < -0.39 is 0 Å². The number of hydrogen-bond donors (Lipinski definition) is 1. The number of aromatic nitrogens is 3. The van der Waals surface area contributed by atoms with Crippen LogP contribution in [-0.2, 0) is 11.3 Å². The molecule has 2 heterocycles. The summed E-state index contributed by atoms with van der Waals surface area (Å²) in [5, 5.41) is 11.2. The maximum Gasteiger partial charge on any atom is 0.232 e. The standard InChI is InChI=1S/C19H22N4O2/c1-12-6-5-7-16(10-12)11-23-17(8-9-20-23)21-19(24)13(2)18-14(3)22-25-15(18)4/h5-10,13H,11H2,1-4H3,(H,21,24)/t13-/m0/s1. The second-order valence-corrected chi connectivity index (χ2v) is 6.31. The van der Waals surface area contributed by atoms with Gasteiger partial charge in [0.2, 0.25) is 5.91 Å². The van der Waals surface area contributed by atoms with E-state index in [0.29, 0.717) is 18.1 Å². The van der Waals surface area contributed by atoms with Crippen LogP contribution in [0.3, 0.4) is 0 Å². The van der Waals surface area contributed by atoms with Gasteiger partial charge in [-0.15, -0.1) is 0 Å². The third-order valence-corrected chi connectivity index (χ3v) is 4.30. The first-order valence-corrected chi connectivity index (χ1v) is 8.26. The average molecular weight is 338 g/mol. The van der Waals surface area contributed by atoms with Gasteiger partial charge in [0.1, 0.15) is 11.6 Å². The maximum atomic E-state index is 12.7. The van der Waals surface area contributed by atoms with Gasteiger partial charge in [-0.25, -0.2) is 4.68 Å². The highest BCUT2D eigenvalue weighted by Crippen LogP contribution is 2.24. The molecular formula is C19H22N4O2. The first kappa shape index (κ1) is 17.0. The highest BCUT2D eigenvalue weighted by Gasteiger charge is 2.23. The zero-order valence-corrected chi connectivity index (χ0v) is 14.9. The fourth-order valence-electron chi connectivity index (χ4n) is 3.02. The Morgan fingerprint density at radius 3 is 2.76 bits per heavy atom. The molecule has 0 radical (unpaired) electrons. The zero-order valence-electron chi connectivity index (χ0n) is 14.9. The minimum absolute atomic E-state index is 0.111. The Labute approximate surface area is 146 Å². The number of benzene rings is 1. The van der Waals surface area contributed by atoms with Gasteiger partial charge < -0.3 is 9.84 Å². The number of aryl methyl sites for hydroxylation is 3. The van der Waals surface area contributed by atoms with Crippen LogP contribution in [0.25, 0.3) is 0 Å². The molecule has 1 aromatic carbocycles. The molecule has 0 fully saturated rings. The molecule has 2 aromatic heterocycles. The molecule has 3 aromatic rings. The molecule has 0 aliphatic rings. The summed E-state index contributed by atoms with van der Waals surface area (Å²) < 4.78 is 6.95. The summed E-state index contributed by atoms with van der Waals surface area (Å²) in [7, 11) is 0. The number of amides is 1. The van der Waals surface area contributed by atoms with Crippen molar-refractivity contribution in [3.63, 3.8) is 0 Å². The van der Waals surface area contributed by atoms with E-state index >= 15 is 0 Å². The molecule has 1 atom stereocenters. The molecule has 6 heteroatoms. The van der Waals surface area contributed by atoms with Crippen LogP contribution in [0.2, 0.25) is 0 Å². The molecule has 0 bridgehead atoms. The van der Waals surface area contributed by atoms with E-state index in [1.54, 1.807) is 16.9 Å². The molecule has 25 heavy (non-hydrogen) atoms. The summed E-state index contributed by atoms with van der Waals surface area (Å²) in [5.41, 5.74) is 3.91. The Hall–Kier alpha value is -2.89. The van der Waals surface area contributed by atoms with Gasteiger partial charge in [-0.3, -0.25) is 4.79 Å².